The molecule has 4 aromatic rings. The number of fused-ring (bicyclic) bond motifs is 1. The molecule has 4 rings (SSSR count). The summed E-state index contributed by atoms with van der Waals surface area (Å²) in [4.78, 5) is 25.3. The second-order valence-electron chi connectivity index (χ2n) is 6.08. The third-order valence-corrected chi connectivity index (χ3v) is 4.89. The van der Waals surface area contributed by atoms with Gasteiger partial charge >= 0.3 is 0 Å². The highest BCUT2D eigenvalue weighted by Crippen LogP contribution is 2.15. The van der Waals surface area contributed by atoms with Crippen LogP contribution in [0.2, 0.25) is 0 Å². The van der Waals surface area contributed by atoms with Crippen LogP contribution in [0.25, 0.3) is 10.8 Å². The predicted octanol–water partition coefficient (Wildman–Crippen LogP) is 3.57. The van der Waals surface area contributed by atoms with E-state index in [2.05, 4.69) is 27.4 Å². The molecule has 0 aliphatic rings. The lowest BCUT2D eigenvalue weighted by Crippen LogP contribution is -2.18. The number of nitrogens with one attached hydrogen (secondary N) is 2. The summed E-state index contributed by atoms with van der Waals surface area (Å²) in [5.74, 6) is 5.98. The molecule has 2 N–H and O–H groups in total. The van der Waals surface area contributed by atoms with E-state index in [1.54, 1.807) is 29.5 Å². The topological polar surface area (TPSA) is 74.8 Å². The number of H-pyrrole nitrogens is 1. The Bertz CT molecular complexity index is 1260. The highest BCUT2D eigenvalue weighted by Gasteiger charge is 2.11. The van der Waals surface area contributed by atoms with E-state index in [1.807, 2.05) is 47.8 Å². The zero-order valence-electron chi connectivity index (χ0n) is 14.7. The number of thiophene rings is 1. The molecule has 0 saturated heterocycles. The smallest absolute Gasteiger partial charge is 0.272 e. The second kappa shape index (κ2) is 7.91. The van der Waals surface area contributed by atoms with E-state index in [4.69, 9.17) is 0 Å². The van der Waals surface area contributed by atoms with E-state index in [-0.39, 0.29) is 17.9 Å². The van der Waals surface area contributed by atoms with Crippen LogP contribution < -0.4 is 10.9 Å². The Kier molecular flexibility index (Phi) is 5.00. The second-order valence-corrected chi connectivity index (χ2v) is 7.03. The number of amides is 1. The van der Waals surface area contributed by atoms with Crippen molar-refractivity contribution in [3.8, 4) is 11.8 Å². The summed E-state index contributed by atoms with van der Waals surface area (Å²) in [6.45, 7) is 0. The molecule has 0 bridgehead atoms. The van der Waals surface area contributed by atoms with Crippen LogP contribution in [-0.2, 0) is 11.2 Å². The predicted molar refractivity (Wildman–Crippen MR) is 111 cm³/mol. The molecule has 1 amide bonds. The molecule has 0 spiro atoms. The van der Waals surface area contributed by atoms with Crippen LogP contribution in [-0.4, -0.2) is 16.1 Å². The summed E-state index contributed by atoms with van der Waals surface area (Å²) in [6, 6.07) is 18.4. The van der Waals surface area contributed by atoms with Crippen LogP contribution in [0.5, 0.6) is 0 Å². The maximum atomic E-state index is 12.5. The van der Waals surface area contributed by atoms with Crippen LogP contribution in [0, 0.1) is 11.8 Å². The highest BCUT2D eigenvalue weighted by molar-refractivity contribution is 7.10. The van der Waals surface area contributed by atoms with Crippen molar-refractivity contribution in [1.29, 1.82) is 0 Å². The van der Waals surface area contributed by atoms with Gasteiger partial charge in [-0.2, -0.15) is 5.10 Å². The van der Waals surface area contributed by atoms with Gasteiger partial charge in [-0.25, -0.2) is 5.10 Å². The van der Waals surface area contributed by atoms with Gasteiger partial charge in [0, 0.05) is 16.6 Å². The summed E-state index contributed by atoms with van der Waals surface area (Å²) in [5, 5.41) is 12.5. The van der Waals surface area contributed by atoms with Gasteiger partial charge in [0.1, 0.15) is 0 Å². The van der Waals surface area contributed by atoms with Gasteiger partial charge in [0.2, 0.25) is 5.91 Å². The first-order chi connectivity index (χ1) is 13.7. The Balaban J connectivity index is 1.51. The Morgan fingerprint density at radius 3 is 2.71 bits per heavy atom. The molecule has 0 atom stereocenters. The third-order valence-electron chi connectivity index (χ3n) is 4.10. The molecule has 2 aromatic heterocycles. The number of carbonyl (C=O) groups is 1. The van der Waals surface area contributed by atoms with E-state index < -0.39 is 0 Å². The summed E-state index contributed by atoms with van der Waals surface area (Å²) >= 11 is 1.58. The van der Waals surface area contributed by atoms with Gasteiger partial charge in [-0.05, 0) is 35.7 Å². The van der Waals surface area contributed by atoms with Crippen molar-refractivity contribution in [3.05, 3.63) is 92.5 Å². The summed E-state index contributed by atoms with van der Waals surface area (Å²) in [5.41, 5.74) is 1.74. The Labute approximate surface area is 165 Å². The SMILES string of the molecule is O=C(Cc1n[nH]c(=O)c2ccccc12)Nc1cccc(C#Cc2cccs2)c1. The fourth-order valence-corrected chi connectivity index (χ4v) is 3.39. The van der Waals surface area contributed by atoms with E-state index >= 15 is 0 Å². The van der Waals surface area contributed by atoms with Crippen LogP contribution in [0.15, 0.2) is 70.8 Å². The van der Waals surface area contributed by atoms with Crippen LogP contribution in [0.4, 0.5) is 5.69 Å². The molecular formula is C22H15N3O2S. The van der Waals surface area contributed by atoms with Gasteiger partial charge < -0.3 is 5.32 Å². The van der Waals surface area contributed by atoms with E-state index in [1.165, 1.54) is 0 Å². The number of aromatic amines is 1. The molecule has 28 heavy (non-hydrogen) atoms. The zero-order chi connectivity index (χ0) is 19.3. The Morgan fingerprint density at radius 2 is 1.89 bits per heavy atom. The van der Waals surface area contributed by atoms with Crippen molar-refractivity contribution in [1.82, 2.24) is 10.2 Å². The molecular weight excluding hydrogens is 370 g/mol. The molecule has 5 nitrogen and oxygen atoms in total. The van der Waals surface area contributed by atoms with Crippen molar-refractivity contribution in [2.45, 2.75) is 6.42 Å². The van der Waals surface area contributed by atoms with E-state index in [9.17, 15) is 9.59 Å². The van der Waals surface area contributed by atoms with Gasteiger partial charge in [0.15, 0.2) is 0 Å². The quantitative estimate of drug-likeness (QED) is 0.530. The number of hydrogen-bond acceptors (Lipinski definition) is 4. The molecule has 2 aromatic carbocycles. The standard InChI is InChI=1S/C22H15N3O2S/c26-21(14-20-18-8-1-2-9-19(18)22(27)25-24-20)23-16-6-3-5-15(13-16)10-11-17-7-4-12-28-17/h1-9,12-13H,14H2,(H,23,26)(H,25,27). The van der Waals surface area contributed by atoms with Crippen LogP contribution in [0.1, 0.15) is 16.1 Å². The molecule has 0 aliphatic heterocycles. The number of aromatic nitrogens is 2. The minimum absolute atomic E-state index is 0.0579. The van der Waals surface area contributed by atoms with Gasteiger partial charge in [0.25, 0.3) is 5.56 Å². The van der Waals surface area contributed by atoms with Crippen LogP contribution in [0.3, 0.4) is 0 Å². The fraction of sp³-hybridized carbons (Fsp3) is 0.0455. The molecule has 0 fully saturated rings. The van der Waals surface area contributed by atoms with Gasteiger partial charge in [0.05, 0.1) is 22.4 Å². The first kappa shape index (κ1) is 17.7. The lowest BCUT2D eigenvalue weighted by molar-refractivity contribution is -0.115. The number of rotatable bonds is 3. The van der Waals surface area contributed by atoms with Crippen molar-refractivity contribution in [2.75, 3.05) is 5.32 Å². The maximum absolute atomic E-state index is 12.5. The number of benzene rings is 2. The zero-order valence-corrected chi connectivity index (χ0v) is 15.5. The van der Waals surface area contributed by atoms with Crippen LogP contribution >= 0.6 is 11.3 Å². The number of hydrogen-bond donors (Lipinski definition) is 2. The van der Waals surface area contributed by atoms with Crippen molar-refractivity contribution in [2.24, 2.45) is 0 Å². The van der Waals surface area contributed by atoms with Crippen molar-refractivity contribution >= 4 is 33.7 Å². The molecule has 0 unspecified atom stereocenters. The normalized spacial score (nSPS) is 10.3. The Morgan fingerprint density at radius 1 is 1.04 bits per heavy atom. The number of anilines is 1. The highest BCUT2D eigenvalue weighted by atomic mass is 32.1. The van der Waals surface area contributed by atoms with Gasteiger partial charge in [-0.1, -0.05) is 42.2 Å². The van der Waals surface area contributed by atoms with E-state index in [0.29, 0.717) is 22.2 Å². The molecule has 0 radical (unpaired) electrons. The summed E-state index contributed by atoms with van der Waals surface area (Å²) in [6.07, 6.45) is 0.0579. The third kappa shape index (κ3) is 4.00. The minimum Gasteiger partial charge on any atom is -0.326 e. The largest absolute Gasteiger partial charge is 0.326 e. The van der Waals surface area contributed by atoms with Gasteiger partial charge in [-0.15, -0.1) is 11.3 Å². The molecule has 0 aliphatic carbocycles. The lowest BCUT2D eigenvalue weighted by atomic mass is 10.1. The minimum atomic E-state index is -0.267. The lowest BCUT2D eigenvalue weighted by Gasteiger charge is -2.07. The maximum Gasteiger partial charge on any atom is 0.272 e. The number of nitrogens with zero attached hydrogens (tertiary/aromatic N) is 1. The van der Waals surface area contributed by atoms with Crippen molar-refractivity contribution in [3.63, 3.8) is 0 Å². The average Bonchev–Trinajstić information content (AvgIpc) is 3.23. The molecule has 136 valence electrons. The molecule has 2 heterocycles. The number of carbonyl (C=O) groups excluding carboxylic acids is 1. The average molecular weight is 385 g/mol. The van der Waals surface area contributed by atoms with Gasteiger partial charge in [-0.3, -0.25) is 9.59 Å². The molecule has 0 saturated carbocycles. The first-order valence-corrected chi connectivity index (χ1v) is 9.49. The monoisotopic (exact) mass is 385 g/mol. The first-order valence-electron chi connectivity index (χ1n) is 8.61. The summed E-state index contributed by atoms with van der Waals surface area (Å²) in [7, 11) is 0. The molecule has 6 heteroatoms. The summed E-state index contributed by atoms with van der Waals surface area (Å²) < 4.78 is 0. The fourth-order valence-electron chi connectivity index (χ4n) is 2.82. The van der Waals surface area contributed by atoms with E-state index in [0.717, 1.165) is 10.4 Å². The van der Waals surface area contributed by atoms with Crippen molar-refractivity contribution < 1.29 is 4.79 Å². The Hall–Kier alpha value is -3.69.